The summed E-state index contributed by atoms with van der Waals surface area (Å²) in [6, 6.07) is 0. The zero-order valence-corrected chi connectivity index (χ0v) is 24.1. The first-order valence-corrected chi connectivity index (χ1v) is 17.1. The predicted molar refractivity (Wildman–Crippen MR) is 126 cm³/mol. The predicted octanol–water partition coefficient (Wildman–Crippen LogP) is 3.58. The summed E-state index contributed by atoms with van der Waals surface area (Å²) in [4.78, 5) is -0.688. The van der Waals surface area contributed by atoms with Crippen LogP contribution in [0.15, 0.2) is 0 Å². The van der Waals surface area contributed by atoms with Gasteiger partial charge in [0.1, 0.15) is 0 Å². The summed E-state index contributed by atoms with van der Waals surface area (Å²) in [5.41, 5.74) is 0. The monoisotopic (exact) mass is 502 g/mol. The maximum atomic E-state index is 6.35. The fourth-order valence-corrected chi connectivity index (χ4v) is 19.2. The molecule has 0 rings (SSSR count). The Morgan fingerprint density at radius 3 is 0.548 bits per heavy atom. The molecule has 0 aliphatic carbocycles. The van der Waals surface area contributed by atoms with E-state index in [2.05, 4.69) is 0 Å². The maximum absolute atomic E-state index is 6.35. The van der Waals surface area contributed by atoms with E-state index in [0.29, 0.717) is 59.5 Å². The van der Waals surface area contributed by atoms with Crippen molar-refractivity contribution in [2.24, 2.45) is 0 Å². The van der Waals surface area contributed by atoms with E-state index in [1.807, 2.05) is 62.3 Å². The van der Waals surface area contributed by atoms with Crippen LogP contribution in [-0.4, -0.2) is 85.9 Å². The first-order chi connectivity index (χ1) is 14.9. The molecule has 0 aromatic heterocycles. The van der Waals surface area contributed by atoms with Crippen LogP contribution >= 0.6 is 0 Å². The van der Waals surface area contributed by atoms with Crippen molar-refractivity contribution in [3.63, 3.8) is 0 Å². The van der Waals surface area contributed by atoms with Gasteiger partial charge in [-0.15, -0.1) is 0 Å². The van der Waals surface area contributed by atoms with Crippen LogP contribution in [0.1, 0.15) is 62.3 Å². The van der Waals surface area contributed by atoms with Crippen molar-refractivity contribution in [3.8, 4) is 0 Å². The molecule has 31 heavy (non-hydrogen) atoms. The highest BCUT2D eigenvalue weighted by molar-refractivity contribution is 6.99. The van der Waals surface area contributed by atoms with Crippen molar-refractivity contribution in [3.05, 3.63) is 0 Å². The topological polar surface area (TPSA) is 83.1 Å². The van der Waals surface area contributed by atoms with Crippen molar-refractivity contribution in [1.29, 1.82) is 0 Å². The molecule has 0 aliphatic rings. The number of hydrogen-bond donors (Lipinski definition) is 0. The van der Waals surface area contributed by atoms with Gasteiger partial charge in [0.05, 0.1) is 0 Å². The van der Waals surface area contributed by atoms with E-state index >= 15 is 0 Å². The summed E-state index contributed by atoms with van der Waals surface area (Å²) in [5, 5.41) is 0. The van der Waals surface area contributed by atoms with Gasteiger partial charge in [0, 0.05) is 59.5 Å². The second kappa shape index (κ2) is 16.8. The highest BCUT2D eigenvalue weighted by atomic mass is 28.5. The molecule has 0 unspecified atom stereocenters. The maximum Gasteiger partial charge on any atom is 0.513 e. The lowest BCUT2D eigenvalue weighted by atomic mass is 10.9. The number of rotatable bonds is 21. The third-order valence-electron chi connectivity index (χ3n) is 4.17. The molecule has 0 fully saturated rings. The van der Waals surface area contributed by atoms with E-state index in [1.165, 1.54) is 0 Å². The zero-order valence-electron chi connectivity index (χ0n) is 21.1. The lowest BCUT2D eigenvalue weighted by molar-refractivity contribution is 0.0128. The molecule has 0 heterocycles. The Morgan fingerprint density at radius 1 is 0.323 bits per heavy atom. The van der Waals surface area contributed by atoms with E-state index in [4.69, 9.17) is 39.8 Å². The van der Waals surface area contributed by atoms with Gasteiger partial charge in [-0.2, -0.15) is 0 Å². The third-order valence-corrected chi connectivity index (χ3v) is 18.9. The minimum Gasteiger partial charge on any atom is -0.374 e. The van der Waals surface area contributed by atoms with Gasteiger partial charge in [0.15, 0.2) is 4.79 Å². The van der Waals surface area contributed by atoms with Crippen LogP contribution in [0.25, 0.3) is 0 Å². The Kier molecular flexibility index (Phi) is 17.0. The molecule has 0 bridgehead atoms. The fourth-order valence-electron chi connectivity index (χ4n) is 3.59. The van der Waals surface area contributed by atoms with Crippen LogP contribution in [0.4, 0.5) is 0 Å². The van der Waals surface area contributed by atoms with Crippen molar-refractivity contribution >= 4 is 26.4 Å². The smallest absolute Gasteiger partial charge is 0.374 e. The molecule has 0 aromatic carbocycles. The normalized spacial score (nSPS) is 13.4. The fraction of sp³-hybridized carbons (Fsp3) is 1.00. The molecular formula is C19H46O9Si3. The van der Waals surface area contributed by atoms with Crippen molar-refractivity contribution < 1.29 is 39.8 Å². The van der Waals surface area contributed by atoms with Gasteiger partial charge < -0.3 is 39.8 Å². The summed E-state index contributed by atoms with van der Waals surface area (Å²) in [5.74, 6) is 0. The zero-order chi connectivity index (χ0) is 23.8. The second-order valence-corrected chi connectivity index (χ2v) is 15.8. The molecule has 0 atom stereocenters. The molecule has 9 nitrogen and oxygen atoms in total. The molecule has 0 spiro atoms. The van der Waals surface area contributed by atoms with Crippen LogP contribution in [-0.2, 0) is 39.8 Å². The molecular weight excluding hydrogens is 456 g/mol. The summed E-state index contributed by atoms with van der Waals surface area (Å²) in [6.45, 7) is 20.6. The van der Waals surface area contributed by atoms with Crippen LogP contribution in [0.3, 0.4) is 0 Å². The Labute approximate surface area is 193 Å². The van der Waals surface area contributed by atoms with E-state index in [0.717, 1.165) is 0 Å². The largest absolute Gasteiger partial charge is 0.513 e. The van der Waals surface area contributed by atoms with E-state index < -0.39 is 31.2 Å². The van der Waals surface area contributed by atoms with Gasteiger partial charge in [-0.3, -0.25) is 0 Å². The SMILES string of the molecule is CCO[Si](OCC)(OCC)C([Si](OCC)(OCC)OCC)[Si](OCC)(OCC)OCC. The number of hydrogen-bond acceptors (Lipinski definition) is 9. The first-order valence-electron chi connectivity index (χ1n) is 11.7. The highest BCUT2D eigenvalue weighted by Gasteiger charge is 2.78. The Bertz CT molecular complexity index is 333. The van der Waals surface area contributed by atoms with Crippen LogP contribution in [0, 0.1) is 0 Å². The summed E-state index contributed by atoms with van der Waals surface area (Å²) < 4.78 is 57.1. The molecule has 0 saturated carbocycles. The summed E-state index contributed by atoms with van der Waals surface area (Å²) >= 11 is 0. The van der Waals surface area contributed by atoms with Crippen molar-refractivity contribution in [2.75, 3.05) is 59.5 Å². The minimum absolute atomic E-state index is 0.381. The highest BCUT2D eigenvalue weighted by Crippen LogP contribution is 2.45. The van der Waals surface area contributed by atoms with Crippen LogP contribution < -0.4 is 0 Å². The third kappa shape index (κ3) is 8.23. The molecule has 0 radical (unpaired) electrons. The van der Waals surface area contributed by atoms with E-state index in [9.17, 15) is 0 Å². The first kappa shape index (κ1) is 31.3. The molecule has 0 aromatic rings. The molecule has 0 N–H and O–H groups in total. The van der Waals surface area contributed by atoms with Gasteiger partial charge in [-0.25, -0.2) is 0 Å². The quantitative estimate of drug-likeness (QED) is 0.219. The van der Waals surface area contributed by atoms with Gasteiger partial charge in [0.2, 0.25) is 0 Å². The van der Waals surface area contributed by atoms with Crippen LogP contribution in [0.5, 0.6) is 0 Å². The van der Waals surface area contributed by atoms with Crippen molar-refractivity contribution in [1.82, 2.24) is 0 Å². The average molecular weight is 503 g/mol. The lowest BCUT2D eigenvalue weighted by Gasteiger charge is -2.47. The standard InChI is InChI=1S/C19H46O9Si3/c1-10-20-29(21-11-2,22-12-3)19(30(23-13-4,24-14-5)25-15-6)31(26-16-7,27-17-8)28-18-9/h19H,10-18H2,1-9H3. The van der Waals surface area contributed by atoms with Gasteiger partial charge >= 0.3 is 26.4 Å². The molecule has 0 aliphatic heterocycles. The minimum atomic E-state index is -3.55. The van der Waals surface area contributed by atoms with Crippen LogP contribution in [0.2, 0.25) is 4.79 Å². The van der Waals surface area contributed by atoms with Gasteiger partial charge in [-0.1, -0.05) is 0 Å². The average Bonchev–Trinajstić information content (AvgIpc) is 2.70. The summed E-state index contributed by atoms with van der Waals surface area (Å²) in [6.07, 6.45) is 0. The van der Waals surface area contributed by atoms with Gasteiger partial charge in [-0.05, 0) is 62.3 Å². The van der Waals surface area contributed by atoms with E-state index in [-0.39, 0.29) is 0 Å². The van der Waals surface area contributed by atoms with E-state index in [1.54, 1.807) is 0 Å². The second-order valence-electron chi connectivity index (χ2n) is 6.14. The Morgan fingerprint density at radius 2 is 0.452 bits per heavy atom. The summed E-state index contributed by atoms with van der Waals surface area (Å²) in [7, 11) is -10.6. The van der Waals surface area contributed by atoms with Gasteiger partial charge in [0.25, 0.3) is 0 Å². The molecule has 188 valence electrons. The Balaban J connectivity index is 7.25. The Hall–Kier alpha value is 0.291. The molecule has 0 amide bonds. The lowest BCUT2D eigenvalue weighted by Crippen LogP contribution is -2.74. The molecule has 0 saturated heterocycles. The van der Waals surface area contributed by atoms with Crippen molar-refractivity contribution in [2.45, 2.75) is 67.1 Å². The molecule has 12 heteroatoms.